The first-order valence-corrected chi connectivity index (χ1v) is 10.9. The van der Waals surface area contributed by atoms with E-state index in [2.05, 4.69) is 4.98 Å². The first kappa shape index (κ1) is 28.7. The fourth-order valence-corrected chi connectivity index (χ4v) is 3.74. The number of alkyl halides is 9. The van der Waals surface area contributed by atoms with Crippen molar-refractivity contribution in [1.29, 1.82) is 0 Å². The lowest BCUT2D eigenvalue weighted by molar-refractivity contribution is -0.660. The first-order chi connectivity index (χ1) is 14.6. The lowest BCUT2D eigenvalue weighted by atomic mass is 10.4. The van der Waals surface area contributed by atoms with Crippen molar-refractivity contribution in [2.24, 2.45) is 14.1 Å². The Morgan fingerprint density at radius 1 is 0.939 bits per heavy atom. The Kier molecular flexibility index (Phi) is 8.25. The van der Waals surface area contributed by atoms with Crippen molar-refractivity contribution >= 4 is 20.0 Å². The van der Waals surface area contributed by atoms with Gasteiger partial charge in [-0.1, -0.05) is 0 Å². The van der Waals surface area contributed by atoms with Crippen LogP contribution in [0.3, 0.4) is 0 Å². The van der Waals surface area contributed by atoms with Gasteiger partial charge in [0.1, 0.15) is 12.4 Å². The summed E-state index contributed by atoms with van der Waals surface area (Å²) in [7, 11) is -9.85. The highest BCUT2D eigenvalue weighted by molar-refractivity contribution is 8.13. The minimum Gasteiger partial charge on any atom is -0.421 e. The lowest BCUT2D eigenvalue weighted by Crippen LogP contribution is -2.30. The molecule has 0 unspecified atom stereocenters. The fraction of sp³-hybridized carbons (Fsp3) is 0.538. The molecule has 0 saturated heterocycles. The van der Waals surface area contributed by atoms with E-state index in [0.717, 1.165) is 4.13 Å². The molecule has 2 aromatic rings. The molecule has 0 bridgehead atoms. The van der Waals surface area contributed by atoms with Gasteiger partial charge in [-0.05, 0) is 0 Å². The summed E-state index contributed by atoms with van der Waals surface area (Å²) in [4.78, 5) is 4.16. The maximum absolute atomic E-state index is 12.3. The average Bonchev–Trinajstić information content (AvgIpc) is 3.15. The van der Waals surface area contributed by atoms with Crippen molar-refractivity contribution < 1.29 is 60.9 Å². The molecule has 9 nitrogen and oxygen atoms in total. The zero-order chi connectivity index (χ0) is 26.0. The van der Waals surface area contributed by atoms with Crippen LogP contribution in [0.15, 0.2) is 24.8 Å². The summed E-state index contributed by atoms with van der Waals surface area (Å²) in [5.41, 5.74) is -12.4. The van der Waals surface area contributed by atoms with Crippen LogP contribution in [0.4, 0.5) is 39.5 Å². The Hall–Kier alpha value is -2.35. The van der Waals surface area contributed by atoms with Crippen LogP contribution in [-0.4, -0.2) is 48.1 Å². The summed E-state index contributed by atoms with van der Waals surface area (Å²) >= 11 is 0. The molecule has 0 aliphatic rings. The van der Waals surface area contributed by atoms with E-state index in [1.807, 2.05) is 7.05 Å². The molecule has 20 heteroatoms. The standard InChI is InChI=1S/C11H14F3N4.C2F6NO4S2/c1-16-6-4-15-9(16)10-17(2)7-8-18(10)5-3-11(12,13)14;3-1(4,5)14(10,11)9-15(12,13)2(6,7)8/h4,6-8H,3,5H2,1-2H3;/q+1;-1. The van der Waals surface area contributed by atoms with Gasteiger partial charge in [0.2, 0.25) is 5.82 Å². The molecular formula is C13H14F9N5O4S2. The molecule has 0 aromatic carbocycles. The second-order valence-electron chi connectivity index (χ2n) is 6.07. The molecule has 2 rings (SSSR count). The van der Waals surface area contributed by atoms with Gasteiger partial charge in [0.15, 0.2) is 20.0 Å². The molecule has 0 aliphatic heterocycles. The van der Waals surface area contributed by atoms with Crippen molar-refractivity contribution in [3.8, 4) is 11.6 Å². The van der Waals surface area contributed by atoms with Crippen LogP contribution in [0.5, 0.6) is 0 Å². The van der Waals surface area contributed by atoms with E-state index in [0.29, 0.717) is 11.6 Å². The van der Waals surface area contributed by atoms with E-state index in [1.54, 1.807) is 45.5 Å². The molecule has 0 spiro atoms. The van der Waals surface area contributed by atoms with Gasteiger partial charge in [-0.3, -0.25) is 0 Å². The van der Waals surface area contributed by atoms with E-state index >= 15 is 0 Å². The Labute approximate surface area is 180 Å². The van der Waals surface area contributed by atoms with Crippen LogP contribution in [0, 0.1) is 0 Å². The van der Waals surface area contributed by atoms with E-state index in [-0.39, 0.29) is 6.54 Å². The number of aryl methyl sites for hydroxylation is 3. The summed E-state index contributed by atoms with van der Waals surface area (Å²) in [6, 6.07) is 0. The Morgan fingerprint density at radius 2 is 1.42 bits per heavy atom. The number of halogens is 9. The van der Waals surface area contributed by atoms with Gasteiger partial charge in [0, 0.05) is 19.4 Å². The summed E-state index contributed by atoms with van der Waals surface area (Å²) < 4.78 is 151. The molecule has 0 aliphatic carbocycles. The van der Waals surface area contributed by atoms with Crippen molar-refractivity contribution in [2.45, 2.75) is 30.2 Å². The molecule has 0 N–H and O–H groups in total. The molecule has 190 valence electrons. The summed E-state index contributed by atoms with van der Waals surface area (Å²) in [6.45, 7) is -0.105. The third-order valence-electron chi connectivity index (χ3n) is 3.51. The predicted octanol–water partition coefficient (Wildman–Crippen LogP) is 2.72. The molecule has 0 atom stereocenters. The zero-order valence-electron chi connectivity index (χ0n) is 16.3. The monoisotopic (exact) mass is 539 g/mol. The van der Waals surface area contributed by atoms with Crippen molar-refractivity contribution in [2.75, 3.05) is 0 Å². The minimum atomic E-state index is -6.72. The van der Waals surface area contributed by atoms with Gasteiger partial charge in [-0.15, -0.1) is 0 Å². The molecule has 0 fully saturated rings. The van der Waals surface area contributed by atoms with Gasteiger partial charge in [0.05, 0.1) is 20.0 Å². The normalized spacial score (nSPS) is 13.5. The third kappa shape index (κ3) is 7.59. The van der Waals surface area contributed by atoms with E-state index in [1.165, 1.54) is 0 Å². The molecule has 0 saturated carbocycles. The average molecular weight is 539 g/mol. The summed E-state index contributed by atoms with van der Waals surface area (Å²) in [6.07, 6.45) is 1.74. The van der Waals surface area contributed by atoms with E-state index < -0.39 is 43.7 Å². The van der Waals surface area contributed by atoms with Gasteiger partial charge in [-0.25, -0.2) is 31.0 Å². The SMILES string of the molecule is Cn1ccnc1-c1n(CCC(F)(F)F)cc[n+]1C.O=S(=O)([N-]S(=O)(=O)C(F)(F)F)C(F)(F)F. The van der Waals surface area contributed by atoms with Crippen LogP contribution in [-0.2, 0) is 40.7 Å². The van der Waals surface area contributed by atoms with Gasteiger partial charge >= 0.3 is 23.0 Å². The number of hydrogen-bond acceptors (Lipinski definition) is 5. The topological polar surface area (TPSA) is 109 Å². The first-order valence-electron chi connectivity index (χ1n) is 8.05. The van der Waals surface area contributed by atoms with Gasteiger partial charge in [-0.2, -0.15) is 39.5 Å². The number of nitrogens with zero attached hydrogens (tertiary/aromatic N) is 5. The molecular weight excluding hydrogens is 525 g/mol. The highest BCUT2D eigenvalue weighted by atomic mass is 32.3. The number of sulfonamides is 2. The summed E-state index contributed by atoms with van der Waals surface area (Å²) in [5.74, 6) is 1.30. The van der Waals surface area contributed by atoms with Crippen molar-refractivity contribution in [1.82, 2.24) is 14.1 Å². The number of aromatic nitrogens is 4. The van der Waals surface area contributed by atoms with E-state index in [9.17, 15) is 56.3 Å². The van der Waals surface area contributed by atoms with Crippen LogP contribution in [0.25, 0.3) is 15.8 Å². The smallest absolute Gasteiger partial charge is 0.421 e. The molecule has 0 radical (unpaired) electrons. The van der Waals surface area contributed by atoms with Crippen molar-refractivity contribution in [3.63, 3.8) is 0 Å². The number of hydrogen-bond donors (Lipinski definition) is 0. The maximum Gasteiger partial charge on any atom is 0.480 e. The number of imidazole rings is 2. The quantitative estimate of drug-likeness (QED) is 0.429. The lowest BCUT2D eigenvalue weighted by Gasteiger charge is -2.22. The molecule has 2 aromatic heterocycles. The van der Waals surface area contributed by atoms with Gasteiger partial charge in [0.25, 0.3) is 0 Å². The zero-order valence-corrected chi connectivity index (χ0v) is 17.9. The van der Waals surface area contributed by atoms with Crippen molar-refractivity contribution in [3.05, 3.63) is 28.9 Å². The molecule has 0 amide bonds. The predicted molar refractivity (Wildman–Crippen MR) is 91.8 cm³/mol. The van der Waals surface area contributed by atoms with Gasteiger partial charge < -0.3 is 8.69 Å². The Balaban J connectivity index is 0.000000337. The fourth-order valence-electron chi connectivity index (χ4n) is 2.03. The van der Waals surface area contributed by atoms with Crippen LogP contribution < -0.4 is 4.57 Å². The maximum atomic E-state index is 12.3. The second kappa shape index (κ2) is 9.49. The van der Waals surface area contributed by atoms with Crippen LogP contribution >= 0.6 is 0 Å². The minimum absolute atomic E-state index is 0.105. The molecule has 33 heavy (non-hydrogen) atoms. The third-order valence-corrected chi connectivity index (χ3v) is 6.25. The highest BCUT2D eigenvalue weighted by Gasteiger charge is 2.47. The largest absolute Gasteiger partial charge is 0.480 e. The van der Waals surface area contributed by atoms with Crippen LogP contribution in [0.1, 0.15) is 6.42 Å². The highest BCUT2D eigenvalue weighted by Crippen LogP contribution is 2.36. The molecule has 2 heterocycles. The Bertz CT molecular complexity index is 1120. The van der Waals surface area contributed by atoms with E-state index in [4.69, 9.17) is 0 Å². The Morgan fingerprint density at radius 3 is 1.79 bits per heavy atom. The summed E-state index contributed by atoms with van der Waals surface area (Å²) in [5, 5.41) is 0. The van der Waals surface area contributed by atoms with Crippen LogP contribution in [0.2, 0.25) is 0 Å². The number of rotatable bonds is 5. The second-order valence-corrected chi connectivity index (χ2v) is 9.49.